The number of nitrogens with one attached hydrogen (secondary N) is 1. The quantitative estimate of drug-likeness (QED) is 0.243. The first-order valence-electron chi connectivity index (χ1n) is 12.3. The fourth-order valence-electron chi connectivity index (χ4n) is 4.27. The Hall–Kier alpha value is -4.97. The van der Waals surface area contributed by atoms with Gasteiger partial charge in [0.2, 0.25) is 0 Å². The summed E-state index contributed by atoms with van der Waals surface area (Å²) in [6.07, 6.45) is 1.38. The van der Waals surface area contributed by atoms with E-state index in [2.05, 4.69) is 10.3 Å². The van der Waals surface area contributed by atoms with E-state index < -0.39 is 17.9 Å². The number of carboxylic acids is 1. The van der Waals surface area contributed by atoms with Crippen molar-refractivity contribution in [2.45, 2.75) is 19.1 Å². The van der Waals surface area contributed by atoms with Gasteiger partial charge in [-0.2, -0.15) is 0 Å². The van der Waals surface area contributed by atoms with Crippen molar-refractivity contribution in [3.05, 3.63) is 132 Å². The molecule has 0 aliphatic heterocycles. The third kappa shape index (κ3) is 6.05. The Bertz CT molecular complexity index is 1550. The summed E-state index contributed by atoms with van der Waals surface area (Å²) in [5.74, 6) is -0.729. The minimum atomic E-state index is -1.00. The van der Waals surface area contributed by atoms with Gasteiger partial charge in [-0.25, -0.2) is 0 Å². The first kappa shape index (κ1) is 24.7. The molecule has 38 heavy (non-hydrogen) atoms. The number of carbonyl (C=O) groups is 2. The van der Waals surface area contributed by atoms with Gasteiger partial charge in [0.05, 0.1) is 12.5 Å². The molecule has 1 amide bonds. The maximum atomic E-state index is 13.1. The molecule has 0 aliphatic rings. The van der Waals surface area contributed by atoms with Crippen molar-refractivity contribution >= 4 is 22.6 Å². The van der Waals surface area contributed by atoms with Crippen LogP contribution in [0.3, 0.4) is 0 Å². The van der Waals surface area contributed by atoms with Crippen LogP contribution in [0, 0.1) is 0 Å². The number of nitrogens with zero attached hydrogens (tertiary/aromatic N) is 1. The first-order chi connectivity index (χ1) is 18.5. The largest absolute Gasteiger partial charge is 0.489 e. The number of carbonyl (C=O) groups excluding carboxylic acids is 1. The maximum absolute atomic E-state index is 13.1. The summed E-state index contributed by atoms with van der Waals surface area (Å²) in [5, 5.41) is 14.0. The van der Waals surface area contributed by atoms with Crippen LogP contribution in [0.25, 0.3) is 21.9 Å². The lowest BCUT2D eigenvalue weighted by atomic mass is 9.99. The third-order valence-electron chi connectivity index (χ3n) is 6.28. The van der Waals surface area contributed by atoms with Crippen LogP contribution in [0.4, 0.5) is 0 Å². The predicted octanol–water partition coefficient (Wildman–Crippen LogP) is 6.43. The van der Waals surface area contributed by atoms with Crippen molar-refractivity contribution in [3.63, 3.8) is 0 Å². The molecule has 0 fully saturated rings. The molecule has 188 valence electrons. The summed E-state index contributed by atoms with van der Waals surface area (Å²) in [6.45, 7) is 0.456. The smallest absolute Gasteiger partial charge is 0.305 e. The standard InChI is InChI=1S/C32H26N2O4/c35-31(36)19-29(25-13-11-24(12-14-25)23-9-5-2-6-10-23)34-32(37)30-18-26-15-16-28(17-27(26)20-33-30)38-21-22-7-3-1-4-8-22/h1-18,20,29H,19,21H2,(H,34,37)(H,35,36). The van der Waals surface area contributed by atoms with E-state index in [4.69, 9.17) is 4.74 Å². The van der Waals surface area contributed by atoms with Crippen LogP contribution in [0.2, 0.25) is 0 Å². The average molecular weight is 503 g/mol. The van der Waals surface area contributed by atoms with Crippen LogP contribution in [-0.2, 0) is 11.4 Å². The van der Waals surface area contributed by atoms with Crippen LogP contribution in [-0.4, -0.2) is 22.0 Å². The highest BCUT2D eigenvalue weighted by atomic mass is 16.5. The SMILES string of the molecule is O=C(O)CC(NC(=O)c1cc2ccc(OCc3ccccc3)cc2cn1)c1ccc(-c2ccccc2)cc1. The second-order valence-corrected chi connectivity index (χ2v) is 8.96. The molecule has 0 saturated carbocycles. The van der Waals surface area contributed by atoms with E-state index in [1.165, 1.54) is 0 Å². The van der Waals surface area contributed by atoms with Crippen molar-refractivity contribution in [1.82, 2.24) is 10.3 Å². The number of benzene rings is 4. The summed E-state index contributed by atoms with van der Waals surface area (Å²) in [7, 11) is 0. The van der Waals surface area contributed by atoms with Gasteiger partial charge in [0.25, 0.3) is 5.91 Å². The fraction of sp³-hybridized carbons (Fsp3) is 0.0938. The zero-order valence-electron chi connectivity index (χ0n) is 20.6. The number of pyridine rings is 1. The van der Waals surface area contributed by atoms with Crippen LogP contribution in [0.1, 0.15) is 34.1 Å². The number of carboxylic acid groups (broad SMARTS) is 1. The number of fused-ring (bicyclic) bond motifs is 1. The van der Waals surface area contributed by atoms with Crippen LogP contribution in [0.15, 0.2) is 115 Å². The Morgan fingerprint density at radius 3 is 2.18 bits per heavy atom. The highest BCUT2D eigenvalue weighted by molar-refractivity contribution is 5.97. The molecule has 0 aliphatic carbocycles. The Kier molecular flexibility index (Phi) is 7.41. The molecule has 2 N–H and O–H groups in total. The molecular weight excluding hydrogens is 476 g/mol. The van der Waals surface area contributed by atoms with Gasteiger partial charge in [-0.05, 0) is 45.8 Å². The summed E-state index contributed by atoms with van der Waals surface area (Å²) in [4.78, 5) is 29.0. The van der Waals surface area contributed by atoms with Gasteiger partial charge in [-0.3, -0.25) is 14.6 Å². The molecule has 5 rings (SSSR count). The summed E-state index contributed by atoms with van der Waals surface area (Å²) in [6, 6.07) is 34.0. The Morgan fingerprint density at radius 1 is 0.789 bits per heavy atom. The van der Waals surface area contributed by atoms with Gasteiger partial charge < -0.3 is 15.2 Å². The molecule has 0 saturated heterocycles. The number of hydrogen-bond acceptors (Lipinski definition) is 4. The Morgan fingerprint density at radius 2 is 1.47 bits per heavy atom. The summed E-state index contributed by atoms with van der Waals surface area (Å²) in [5.41, 5.74) is 4.07. The maximum Gasteiger partial charge on any atom is 0.305 e. The molecule has 1 aromatic heterocycles. The molecule has 5 aromatic rings. The van der Waals surface area contributed by atoms with E-state index in [0.717, 1.165) is 27.5 Å². The van der Waals surface area contributed by atoms with Crippen molar-refractivity contribution in [1.29, 1.82) is 0 Å². The number of hydrogen-bond donors (Lipinski definition) is 2. The van der Waals surface area contributed by atoms with Crippen LogP contribution in [0.5, 0.6) is 5.75 Å². The van der Waals surface area contributed by atoms with Gasteiger partial charge in [-0.1, -0.05) is 91.0 Å². The second-order valence-electron chi connectivity index (χ2n) is 8.96. The molecule has 4 aromatic carbocycles. The topological polar surface area (TPSA) is 88.5 Å². The van der Waals surface area contributed by atoms with Gasteiger partial charge in [0.15, 0.2) is 0 Å². The van der Waals surface area contributed by atoms with Gasteiger partial charge in [0, 0.05) is 11.6 Å². The van der Waals surface area contributed by atoms with Crippen molar-refractivity contribution < 1.29 is 19.4 Å². The van der Waals surface area contributed by atoms with E-state index >= 15 is 0 Å². The summed E-state index contributed by atoms with van der Waals surface area (Å²) >= 11 is 0. The van der Waals surface area contributed by atoms with Crippen LogP contribution < -0.4 is 10.1 Å². The number of ether oxygens (including phenoxy) is 1. The number of rotatable bonds is 9. The summed E-state index contributed by atoms with van der Waals surface area (Å²) < 4.78 is 5.89. The number of aliphatic carboxylic acids is 1. The average Bonchev–Trinajstić information content (AvgIpc) is 2.96. The highest BCUT2D eigenvalue weighted by Gasteiger charge is 2.20. The van der Waals surface area contributed by atoms with Crippen LogP contribution >= 0.6 is 0 Å². The van der Waals surface area contributed by atoms with Gasteiger partial charge in [0.1, 0.15) is 18.1 Å². The monoisotopic (exact) mass is 502 g/mol. The number of amides is 1. The lowest BCUT2D eigenvalue weighted by Crippen LogP contribution is -2.30. The Balaban J connectivity index is 1.30. The van der Waals surface area contributed by atoms with E-state index in [1.54, 1.807) is 12.3 Å². The van der Waals surface area contributed by atoms with E-state index in [-0.39, 0.29) is 12.1 Å². The van der Waals surface area contributed by atoms with Crippen molar-refractivity contribution in [2.75, 3.05) is 0 Å². The predicted molar refractivity (Wildman–Crippen MR) is 147 cm³/mol. The van der Waals surface area contributed by atoms with E-state index in [0.29, 0.717) is 17.9 Å². The molecule has 0 bridgehead atoms. The molecule has 6 heteroatoms. The minimum Gasteiger partial charge on any atom is -0.489 e. The molecule has 1 unspecified atom stereocenters. The molecule has 1 atom stereocenters. The van der Waals surface area contributed by atoms with E-state index in [9.17, 15) is 14.7 Å². The lowest BCUT2D eigenvalue weighted by Gasteiger charge is -2.18. The zero-order valence-corrected chi connectivity index (χ0v) is 20.6. The Labute approximate surface area is 220 Å². The minimum absolute atomic E-state index is 0.215. The first-order valence-corrected chi connectivity index (χ1v) is 12.3. The number of aromatic nitrogens is 1. The highest BCUT2D eigenvalue weighted by Crippen LogP contribution is 2.25. The molecule has 1 heterocycles. The molecular formula is C32H26N2O4. The van der Waals surface area contributed by atoms with Crippen molar-refractivity contribution in [3.8, 4) is 16.9 Å². The van der Waals surface area contributed by atoms with Gasteiger partial charge in [-0.15, -0.1) is 0 Å². The van der Waals surface area contributed by atoms with E-state index in [1.807, 2.05) is 103 Å². The second kappa shape index (κ2) is 11.4. The normalized spacial score (nSPS) is 11.6. The zero-order chi connectivity index (χ0) is 26.3. The lowest BCUT2D eigenvalue weighted by molar-refractivity contribution is -0.137. The molecule has 0 radical (unpaired) electrons. The molecule has 0 spiro atoms. The molecule has 6 nitrogen and oxygen atoms in total. The fourth-order valence-corrected chi connectivity index (χ4v) is 4.27. The third-order valence-corrected chi connectivity index (χ3v) is 6.28. The van der Waals surface area contributed by atoms with Crippen molar-refractivity contribution in [2.24, 2.45) is 0 Å². The van der Waals surface area contributed by atoms with Gasteiger partial charge >= 0.3 is 5.97 Å².